The Labute approximate surface area is 78.5 Å². The van der Waals surface area contributed by atoms with Crippen LogP contribution >= 0.6 is 0 Å². The van der Waals surface area contributed by atoms with Crippen molar-refractivity contribution in [3.63, 3.8) is 0 Å². The smallest absolute Gasteiger partial charge is 0.170 e. The summed E-state index contributed by atoms with van der Waals surface area (Å²) in [6.45, 7) is 9.47. The molecule has 0 amide bonds. The first-order valence-electron chi connectivity index (χ1n) is 4.51. The Bertz CT molecular complexity index is 158. The number of alkyl halides is 3. The first-order valence-corrected chi connectivity index (χ1v) is 4.51. The first-order chi connectivity index (χ1) is 5.44. The lowest BCUT2D eigenvalue weighted by Gasteiger charge is -2.46. The minimum atomic E-state index is -4.14. The summed E-state index contributed by atoms with van der Waals surface area (Å²) in [5.74, 6) is -0.410. The van der Waals surface area contributed by atoms with E-state index in [1.54, 1.807) is 34.6 Å². The third-order valence-corrected chi connectivity index (χ3v) is 3.30. The van der Waals surface area contributed by atoms with E-state index < -0.39 is 22.9 Å². The summed E-state index contributed by atoms with van der Waals surface area (Å²) in [6.07, 6.45) is -4.14. The largest absolute Gasteiger partial charge is 0.394 e. The molecule has 0 aliphatic rings. The van der Waals surface area contributed by atoms with Crippen LogP contribution in [0.5, 0.6) is 0 Å². The summed E-state index contributed by atoms with van der Waals surface area (Å²) in [4.78, 5) is 0. The summed E-state index contributed by atoms with van der Waals surface area (Å²) in [6, 6.07) is 0. The molecule has 0 aromatic carbocycles. The maximum atomic E-state index is 12.9. The quantitative estimate of drug-likeness (QED) is 0.588. The molecular formula is C10H19F3. The molecule has 0 N–H and O–H groups in total. The Balaban J connectivity index is 5.22. The molecule has 1 atom stereocenters. The van der Waals surface area contributed by atoms with Crippen LogP contribution in [0.1, 0.15) is 41.5 Å². The summed E-state index contributed by atoms with van der Waals surface area (Å²) in [5, 5.41) is 0. The number of hydrogen-bond donors (Lipinski definition) is 0. The molecule has 0 aromatic rings. The van der Waals surface area contributed by atoms with Crippen LogP contribution in [0, 0.1) is 16.7 Å². The van der Waals surface area contributed by atoms with E-state index in [-0.39, 0.29) is 0 Å². The van der Waals surface area contributed by atoms with Crippen molar-refractivity contribution in [3.05, 3.63) is 0 Å². The van der Waals surface area contributed by atoms with E-state index >= 15 is 0 Å². The fourth-order valence-corrected chi connectivity index (χ4v) is 1.62. The van der Waals surface area contributed by atoms with Crippen LogP contribution in [0.15, 0.2) is 0 Å². The molecule has 0 radical (unpaired) electrons. The van der Waals surface area contributed by atoms with Gasteiger partial charge in [-0.25, -0.2) is 0 Å². The molecule has 13 heavy (non-hydrogen) atoms. The lowest BCUT2D eigenvalue weighted by atomic mass is 9.61. The lowest BCUT2D eigenvalue weighted by molar-refractivity contribution is -0.267. The Morgan fingerprint density at radius 2 is 1.15 bits per heavy atom. The highest BCUT2D eigenvalue weighted by Crippen LogP contribution is 2.54. The molecule has 3 heteroatoms. The topological polar surface area (TPSA) is 0 Å². The zero-order chi connectivity index (χ0) is 11.1. The fraction of sp³-hybridized carbons (Fsp3) is 1.00. The highest BCUT2D eigenvalue weighted by atomic mass is 19.4. The van der Waals surface area contributed by atoms with Crippen molar-refractivity contribution in [2.75, 3.05) is 0 Å². The summed E-state index contributed by atoms with van der Waals surface area (Å²) in [7, 11) is 0. The molecule has 0 fully saturated rings. The maximum Gasteiger partial charge on any atom is 0.394 e. The van der Waals surface area contributed by atoms with Gasteiger partial charge in [0.15, 0.2) is 0 Å². The number of halogens is 3. The minimum absolute atomic E-state index is 0.410. The molecule has 0 spiro atoms. The molecule has 0 bridgehead atoms. The third-order valence-electron chi connectivity index (χ3n) is 3.30. The van der Waals surface area contributed by atoms with Gasteiger partial charge in [-0.3, -0.25) is 0 Å². The van der Waals surface area contributed by atoms with Gasteiger partial charge in [0.1, 0.15) is 0 Å². The summed E-state index contributed by atoms with van der Waals surface area (Å²) < 4.78 is 38.6. The zero-order valence-corrected chi connectivity index (χ0v) is 9.21. The fourth-order valence-electron chi connectivity index (χ4n) is 1.62. The molecule has 0 aromatic heterocycles. The van der Waals surface area contributed by atoms with E-state index in [0.29, 0.717) is 0 Å². The van der Waals surface area contributed by atoms with Crippen LogP contribution in [0.2, 0.25) is 0 Å². The Hall–Kier alpha value is -0.210. The zero-order valence-electron chi connectivity index (χ0n) is 9.21. The Morgan fingerprint density at radius 3 is 1.15 bits per heavy atom. The molecule has 0 saturated carbocycles. The van der Waals surface area contributed by atoms with Crippen LogP contribution in [0.4, 0.5) is 13.2 Å². The first kappa shape index (κ1) is 12.8. The second kappa shape index (κ2) is 3.18. The van der Waals surface area contributed by atoms with Gasteiger partial charge in [-0.05, 0) is 11.3 Å². The second-order valence-electron chi connectivity index (χ2n) is 5.10. The van der Waals surface area contributed by atoms with Gasteiger partial charge in [0, 0.05) is 0 Å². The third kappa shape index (κ3) is 2.00. The molecule has 0 aliphatic heterocycles. The molecule has 0 rings (SSSR count). The highest BCUT2D eigenvalue weighted by molar-refractivity contribution is 4.94. The molecule has 1 unspecified atom stereocenters. The molecule has 0 saturated heterocycles. The predicted octanol–water partition coefficient (Wildman–Crippen LogP) is 4.26. The standard InChI is InChI=1S/C10H19F3/c1-7(2)9(6,8(3,4)5)10(11,12)13/h7H,1-6H3. The predicted molar refractivity (Wildman–Crippen MR) is 48.5 cm³/mol. The van der Waals surface area contributed by atoms with Crippen molar-refractivity contribution in [1.29, 1.82) is 0 Å². The monoisotopic (exact) mass is 196 g/mol. The van der Waals surface area contributed by atoms with Gasteiger partial charge < -0.3 is 0 Å². The van der Waals surface area contributed by atoms with Gasteiger partial charge >= 0.3 is 6.18 Å². The number of rotatable bonds is 1. The SMILES string of the molecule is CC(C)C(C)(C(C)(C)C)C(F)(F)F. The van der Waals surface area contributed by atoms with Crippen molar-refractivity contribution >= 4 is 0 Å². The maximum absolute atomic E-state index is 12.9. The average Bonchev–Trinajstić information content (AvgIpc) is 1.80. The van der Waals surface area contributed by atoms with Crippen LogP contribution in [0.3, 0.4) is 0 Å². The van der Waals surface area contributed by atoms with E-state index in [0.717, 1.165) is 0 Å². The van der Waals surface area contributed by atoms with Crippen molar-refractivity contribution in [2.45, 2.75) is 47.7 Å². The van der Waals surface area contributed by atoms with Gasteiger partial charge in [0.25, 0.3) is 0 Å². The van der Waals surface area contributed by atoms with Gasteiger partial charge in [0.2, 0.25) is 0 Å². The van der Waals surface area contributed by atoms with Crippen molar-refractivity contribution in [3.8, 4) is 0 Å². The molecule has 0 heterocycles. The number of hydrogen-bond acceptors (Lipinski definition) is 0. The van der Waals surface area contributed by atoms with Crippen LogP contribution in [-0.2, 0) is 0 Å². The van der Waals surface area contributed by atoms with Gasteiger partial charge in [-0.2, -0.15) is 13.2 Å². The van der Waals surface area contributed by atoms with Crippen LogP contribution in [-0.4, -0.2) is 6.18 Å². The summed E-state index contributed by atoms with van der Waals surface area (Å²) in [5.41, 5.74) is -2.39. The normalized spacial score (nSPS) is 18.9. The van der Waals surface area contributed by atoms with E-state index in [4.69, 9.17) is 0 Å². The Kier molecular flexibility index (Phi) is 3.12. The molecule has 0 nitrogen and oxygen atoms in total. The second-order valence-corrected chi connectivity index (χ2v) is 5.10. The Morgan fingerprint density at radius 1 is 0.846 bits per heavy atom. The van der Waals surface area contributed by atoms with E-state index in [1.165, 1.54) is 6.92 Å². The van der Waals surface area contributed by atoms with E-state index in [9.17, 15) is 13.2 Å². The van der Waals surface area contributed by atoms with Crippen molar-refractivity contribution < 1.29 is 13.2 Å². The van der Waals surface area contributed by atoms with E-state index in [2.05, 4.69) is 0 Å². The highest BCUT2D eigenvalue weighted by Gasteiger charge is 2.59. The average molecular weight is 196 g/mol. The van der Waals surface area contributed by atoms with Crippen LogP contribution in [0.25, 0.3) is 0 Å². The van der Waals surface area contributed by atoms with Crippen LogP contribution < -0.4 is 0 Å². The molecular weight excluding hydrogens is 177 g/mol. The van der Waals surface area contributed by atoms with Gasteiger partial charge in [-0.15, -0.1) is 0 Å². The van der Waals surface area contributed by atoms with Crippen molar-refractivity contribution in [2.24, 2.45) is 16.7 Å². The minimum Gasteiger partial charge on any atom is -0.170 e. The van der Waals surface area contributed by atoms with Gasteiger partial charge in [-0.1, -0.05) is 41.5 Å². The molecule has 80 valence electrons. The molecule has 0 aliphatic carbocycles. The van der Waals surface area contributed by atoms with Crippen molar-refractivity contribution in [1.82, 2.24) is 0 Å². The summed E-state index contributed by atoms with van der Waals surface area (Å²) >= 11 is 0. The van der Waals surface area contributed by atoms with E-state index in [1.807, 2.05) is 0 Å². The van der Waals surface area contributed by atoms with Gasteiger partial charge in [0.05, 0.1) is 5.41 Å². The lowest BCUT2D eigenvalue weighted by Crippen LogP contribution is -2.49.